The highest BCUT2D eigenvalue weighted by Gasteiger charge is 2.36. The highest BCUT2D eigenvalue weighted by Crippen LogP contribution is 2.41. The molecule has 3 rings (SSSR count). The monoisotopic (exact) mass is 228 g/mol. The minimum Gasteiger partial charge on any atom is -0.497 e. The van der Waals surface area contributed by atoms with E-state index >= 15 is 0 Å². The number of ether oxygens (including phenoxy) is 1. The average Bonchev–Trinajstić information content (AvgIpc) is 2.34. The standard InChI is InChI=1S/C15H16O2/c1-17-14-6-4-11-9-13(5-3-12(11)10-14)15(16)7-2-8-15/h3-6,9-10,16H,2,7-8H2,1H3. The minimum atomic E-state index is -0.575. The fourth-order valence-corrected chi connectivity index (χ4v) is 2.44. The molecule has 0 radical (unpaired) electrons. The molecule has 17 heavy (non-hydrogen) atoms. The third-order valence-electron chi connectivity index (χ3n) is 3.77. The molecule has 0 aromatic heterocycles. The van der Waals surface area contributed by atoms with Gasteiger partial charge in [-0.05, 0) is 53.8 Å². The van der Waals surface area contributed by atoms with E-state index in [0.717, 1.165) is 41.3 Å². The van der Waals surface area contributed by atoms with E-state index in [2.05, 4.69) is 12.1 Å². The summed E-state index contributed by atoms with van der Waals surface area (Å²) in [5, 5.41) is 12.6. The Kier molecular flexibility index (Phi) is 2.33. The van der Waals surface area contributed by atoms with Gasteiger partial charge in [-0.1, -0.05) is 18.2 Å². The van der Waals surface area contributed by atoms with Crippen molar-refractivity contribution >= 4 is 10.8 Å². The molecule has 0 heterocycles. The van der Waals surface area contributed by atoms with Crippen molar-refractivity contribution in [3.05, 3.63) is 42.0 Å². The molecule has 1 fully saturated rings. The lowest BCUT2D eigenvalue weighted by atomic mass is 9.75. The van der Waals surface area contributed by atoms with E-state index in [-0.39, 0.29) is 0 Å². The summed E-state index contributed by atoms with van der Waals surface area (Å²) in [6.07, 6.45) is 2.89. The van der Waals surface area contributed by atoms with Crippen LogP contribution in [0.2, 0.25) is 0 Å². The van der Waals surface area contributed by atoms with Crippen LogP contribution in [-0.2, 0) is 5.60 Å². The molecule has 1 aliphatic rings. The Balaban J connectivity index is 2.07. The first-order valence-electron chi connectivity index (χ1n) is 6.02. The molecule has 0 amide bonds. The zero-order valence-electron chi connectivity index (χ0n) is 9.94. The molecular weight excluding hydrogens is 212 g/mol. The van der Waals surface area contributed by atoms with Gasteiger partial charge in [-0.2, -0.15) is 0 Å². The largest absolute Gasteiger partial charge is 0.497 e. The van der Waals surface area contributed by atoms with Gasteiger partial charge in [0.15, 0.2) is 0 Å². The maximum absolute atomic E-state index is 10.3. The van der Waals surface area contributed by atoms with Crippen molar-refractivity contribution in [1.29, 1.82) is 0 Å². The Morgan fingerprint density at radius 2 is 1.76 bits per heavy atom. The first kappa shape index (κ1) is 10.6. The van der Waals surface area contributed by atoms with E-state index in [1.54, 1.807) is 7.11 Å². The summed E-state index contributed by atoms with van der Waals surface area (Å²) in [5.74, 6) is 0.868. The summed E-state index contributed by atoms with van der Waals surface area (Å²) in [5.41, 5.74) is 0.468. The van der Waals surface area contributed by atoms with E-state index in [4.69, 9.17) is 4.74 Å². The minimum absolute atomic E-state index is 0.575. The molecule has 2 aromatic rings. The first-order valence-corrected chi connectivity index (χ1v) is 6.02. The predicted octanol–water partition coefficient (Wildman–Crippen LogP) is 3.22. The number of hydrogen-bond donors (Lipinski definition) is 1. The van der Waals surface area contributed by atoms with Crippen LogP contribution in [-0.4, -0.2) is 12.2 Å². The molecule has 1 aliphatic carbocycles. The summed E-state index contributed by atoms with van der Waals surface area (Å²) in [7, 11) is 1.67. The molecule has 88 valence electrons. The van der Waals surface area contributed by atoms with Crippen LogP contribution >= 0.6 is 0 Å². The van der Waals surface area contributed by atoms with Crippen LogP contribution in [0.3, 0.4) is 0 Å². The molecule has 0 unspecified atom stereocenters. The lowest BCUT2D eigenvalue weighted by Crippen LogP contribution is -2.33. The predicted molar refractivity (Wildman–Crippen MR) is 68.2 cm³/mol. The molecule has 2 heteroatoms. The quantitative estimate of drug-likeness (QED) is 0.855. The summed E-state index contributed by atoms with van der Waals surface area (Å²) in [6, 6.07) is 12.2. The number of hydrogen-bond acceptors (Lipinski definition) is 2. The van der Waals surface area contributed by atoms with Crippen molar-refractivity contribution in [2.75, 3.05) is 7.11 Å². The Morgan fingerprint density at radius 3 is 2.41 bits per heavy atom. The molecule has 0 atom stereocenters. The molecule has 0 saturated heterocycles. The highest BCUT2D eigenvalue weighted by molar-refractivity contribution is 5.84. The third-order valence-corrected chi connectivity index (χ3v) is 3.77. The van der Waals surface area contributed by atoms with Crippen molar-refractivity contribution in [2.45, 2.75) is 24.9 Å². The van der Waals surface area contributed by atoms with Crippen LogP contribution in [0.15, 0.2) is 36.4 Å². The number of aliphatic hydroxyl groups is 1. The van der Waals surface area contributed by atoms with E-state index in [9.17, 15) is 5.11 Å². The smallest absolute Gasteiger partial charge is 0.119 e. The van der Waals surface area contributed by atoms with Crippen LogP contribution in [0.25, 0.3) is 10.8 Å². The van der Waals surface area contributed by atoms with Gasteiger partial charge < -0.3 is 9.84 Å². The van der Waals surface area contributed by atoms with E-state index < -0.39 is 5.60 Å². The Bertz CT molecular complexity index is 556. The first-order chi connectivity index (χ1) is 8.21. The molecule has 1 N–H and O–H groups in total. The average molecular weight is 228 g/mol. The molecule has 0 aliphatic heterocycles. The third kappa shape index (κ3) is 1.69. The Hall–Kier alpha value is -1.54. The van der Waals surface area contributed by atoms with Crippen LogP contribution in [0.4, 0.5) is 0 Å². The van der Waals surface area contributed by atoms with Gasteiger partial charge in [-0.3, -0.25) is 0 Å². The number of methoxy groups -OCH3 is 1. The second kappa shape index (κ2) is 3.74. The lowest BCUT2D eigenvalue weighted by Gasteiger charge is -2.37. The second-order valence-electron chi connectivity index (χ2n) is 4.81. The molecule has 2 aromatic carbocycles. The van der Waals surface area contributed by atoms with Crippen molar-refractivity contribution in [2.24, 2.45) is 0 Å². The number of fused-ring (bicyclic) bond motifs is 1. The zero-order chi connectivity index (χ0) is 11.9. The zero-order valence-corrected chi connectivity index (χ0v) is 9.94. The number of rotatable bonds is 2. The number of benzene rings is 2. The summed E-state index contributed by atoms with van der Waals surface area (Å²) in [6.45, 7) is 0. The fraction of sp³-hybridized carbons (Fsp3) is 0.333. The van der Waals surface area contributed by atoms with Crippen LogP contribution in [0.1, 0.15) is 24.8 Å². The molecule has 0 spiro atoms. The van der Waals surface area contributed by atoms with Gasteiger partial charge in [0.2, 0.25) is 0 Å². The summed E-state index contributed by atoms with van der Waals surface area (Å²) in [4.78, 5) is 0. The SMILES string of the molecule is COc1ccc2cc(C3(O)CCC3)ccc2c1. The van der Waals surface area contributed by atoms with Gasteiger partial charge in [-0.15, -0.1) is 0 Å². The van der Waals surface area contributed by atoms with Crippen molar-refractivity contribution in [3.8, 4) is 5.75 Å². The van der Waals surface area contributed by atoms with Crippen LogP contribution in [0.5, 0.6) is 5.75 Å². The van der Waals surface area contributed by atoms with Gasteiger partial charge >= 0.3 is 0 Å². The van der Waals surface area contributed by atoms with Gasteiger partial charge in [0.25, 0.3) is 0 Å². The van der Waals surface area contributed by atoms with Crippen molar-refractivity contribution in [3.63, 3.8) is 0 Å². The van der Waals surface area contributed by atoms with E-state index in [0.29, 0.717) is 0 Å². The van der Waals surface area contributed by atoms with Gasteiger partial charge in [0.05, 0.1) is 12.7 Å². The van der Waals surface area contributed by atoms with Crippen LogP contribution < -0.4 is 4.74 Å². The van der Waals surface area contributed by atoms with Gasteiger partial charge in [0.1, 0.15) is 5.75 Å². The maximum atomic E-state index is 10.3. The molecule has 0 bridgehead atoms. The Labute approximate surface area is 101 Å². The normalized spacial score (nSPS) is 17.8. The lowest BCUT2D eigenvalue weighted by molar-refractivity contribution is -0.0386. The van der Waals surface area contributed by atoms with E-state index in [1.807, 2.05) is 24.3 Å². The molecule has 2 nitrogen and oxygen atoms in total. The highest BCUT2D eigenvalue weighted by atomic mass is 16.5. The fourth-order valence-electron chi connectivity index (χ4n) is 2.44. The van der Waals surface area contributed by atoms with Crippen LogP contribution in [0, 0.1) is 0 Å². The molecule has 1 saturated carbocycles. The second-order valence-corrected chi connectivity index (χ2v) is 4.81. The summed E-state index contributed by atoms with van der Waals surface area (Å²) >= 11 is 0. The summed E-state index contributed by atoms with van der Waals surface area (Å²) < 4.78 is 5.20. The molecular formula is C15H16O2. The Morgan fingerprint density at radius 1 is 1.06 bits per heavy atom. The van der Waals surface area contributed by atoms with Crippen molar-refractivity contribution in [1.82, 2.24) is 0 Å². The van der Waals surface area contributed by atoms with Gasteiger partial charge in [0, 0.05) is 0 Å². The van der Waals surface area contributed by atoms with Gasteiger partial charge in [-0.25, -0.2) is 0 Å². The topological polar surface area (TPSA) is 29.5 Å². The van der Waals surface area contributed by atoms with Crippen molar-refractivity contribution < 1.29 is 9.84 Å². The van der Waals surface area contributed by atoms with E-state index in [1.165, 1.54) is 0 Å². The maximum Gasteiger partial charge on any atom is 0.119 e.